The molecule has 0 radical (unpaired) electrons. The molecule has 194 valence electrons. The number of aryl methyl sites for hydroxylation is 1. The van der Waals surface area contributed by atoms with E-state index in [1.807, 2.05) is 30.3 Å². The van der Waals surface area contributed by atoms with Crippen molar-refractivity contribution in [2.75, 3.05) is 5.75 Å². The number of carbonyl (C=O) groups is 2. The number of halogens is 1. The summed E-state index contributed by atoms with van der Waals surface area (Å²) in [7, 11) is 0. The lowest BCUT2D eigenvalue weighted by molar-refractivity contribution is -0.141. The van der Waals surface area contributed by atoms with E-state index in [2.05, 4.69) is 36.5 Å². The summed E-state index contributed by atoms with van der Waals surface area (Å²) in [5.74, 6) is 0.101. The minimum absolute atomic E-state index is 0.0774. The first-order valence-electron chi connectivity index (χ1n) is 13.1. The lowest BCUT2D eigenvalue weighted by Gasteiger charge is -2.32. The van der Waals surface area contributed by atoms with Gasteiger partial charge in [0.05, 0.1) is 0 Å². The quantitative estimate of drug-likeness (QED) is 0.303. The van der Waals surface area contributed by atoms with Gasteiger partial charge in [0, 0.05) is 36.1 Å². The Kier molecular flexibility index (Phi) is 9.78. The van der Waals surface area contributed by atoms with Crippen LogP contribution in [-0.4, -0.2) is 34.6 Å². The standard InChI is InChI=1S/C31H35FN2O2S/c1-23-11-17-28(18-12-23)37-20-19-30(35)34(22-25-13-15-26(32)16-14-25)29(21-24-7-3-2-4-8-24)31(36)33-27-9-5-6-10-27/h2-4,7-8,11-18,27,29H,5-6,9-10,19-22H2,1H3,(H,33,36)/t29-/m0/s1. The summed E-state index contributed by atoms with van der Waals surface area (Å²) >= 11 is 1.64. The van der Waals surface area contributed by atoms with Crippen LogP contribution in [0.4, 0.5) is 4.39 Å². The van der Waals surface area contributed by atoms with Gasteiger partial charge < -0.3 is 10.2 Å². The van der Waals surface area contributed by atoms with Gasteiger partial charge in [-0.15, -0.1) is 11.8 Å². The van der Waals surface area contributed by atoms with E-state index in [9.17, 15) is 14.0 Å². The van der Waals surface area contributed by atoms with Crippen molar-refractivity contribution >= 4 is 23.6 Å². The summed E-state index contributed by atoms with van der Waals surface area (Å²) in [6, 6.07) is 23.8. The Bertz CT molecular complexity index is 1150. The Morgan fingerprint density at radius 2 is 1.62 bits per heavy atom. The van der Waals surface area contributed by atoms with Crippen molar-refractivity contribution in [3.63, 3.8) is 0 Å². The first-order valence-corrected chi connectivity index (χ1v) is 14.0. The Morgan fingerprint density at radius 1 is 0.946 bits per heavy atom. The first-order chi connectivity index (χ1) is 18.0. The number of carbonyl (C=O) groups excluding carboxylic acids is 2. The summed E-state index contributed by atoms with van der Waals surface area (Å²) in [4.78, 5) is 30.2. The summed E-state index contributed by atoms with van der Waals surface area (Å²) in [6.45, 7) is 2.30. The monoisotopic (exact) mass is 518 g/mol. The molecule has 6 heteroatoms. The lowest BCUT2D eigenvalue weighted by Crippen LogP contribution is -2.52. The van der Waals surface area contributed by atoms with E-state index in [0.29, 0.717) is 18.6 Å². The van der Waals surface area contributed by atoms with Crippen LogP contribution in [0.3, 0.4) is 0 Å². The highest BCUT2D eigenvalue weighted by molar-refractivity contribution is 7.99. The molecular weight excluding hydrogens is 483 g/mol. The molecule has 4 rings (SSSR count). The highest BCUT2D eigenvalue weighted by Crippen LogP contribution is 2.23. The molecule has 1 fully saturated rings. The van der Waals surface area contributed by atoms with Gasteiger partial charge in [-0.2, -0.15) is 0 Å². The van der Waals surface area contributed by atoms with E-state index in [4.69, 9.17) is 0 Å². The molecule has 1 atom stereocenters. The molecule has 0 spiro atoms. The maximum Gasteiger partial charge on any atom is 0.243 e. The molecule has 0 aromatic heterocycles. The molecule has 37 heavy (non-hydrogen) atoms. The molecule has 3 aromatic rings. The van der Waals surface area contributed by atoms with Crippen LogP contribution >= 0.6 is 11.8 Å². The maximum atomic E-state index is 13.7. The van der Waals surface area contributed by atoms with E-state index in [-0.39, 0.29) is 30.2 Å². The Hall–Kier alpha value is -3.12. The topological polar surface area (TPSA) is 49.4 Å². The minimum atomic E-state index is -0.648. The smallest absolute Gasteiger partial charge is 0.243 e. The average Bonchev–Trinajstić information content (AvgIpc) is 3.42. The van der Waals surface area contributed by atoms with E-state index in [1.54, 1.807) is 28.8 Å². The number of benzene rings is 3. The largest absolute Gasteiger partial charge is 0.352 e. The zero-order valence-electron chi connectivity index (χ0n) is 21.4. The fraction of sp³-hybridized carbons (Fsp3) is 0.355. The maximum absolute atomic E-state index is 13.7. The molecule has 3 aromatic carbocycles. The fourth-order valence-electron chi connectivity index (χ4n) is 4.74. The third kappa shape index (κ3) is 8.19. The molecule has 1 N–H and O–H groups in total. The van der Waals surface area contributed by atoms with Crippen molar-refractivity contribution in [3.05, 3.63) is 101 Å². The van der Waals surface area contributed by atoms with Crippen LogP contribution in [0.2, 0.25) is 0 Å². The van der Waals surface area contributed by atoms with Crippen LogP contribution in [0.15, 0.2) is 83.8 Å². The molecule has 0 heterocycles. The highest BCUT2D eigenvalue weighted by Gasteiger charge is 2.32. The van der Waals surface area contributed by atoms with Gasteiger partial charge in [0.15, 0.2) is 0 Å². The summed E-state index contributed by atoms with van der Waals surface area (Å²) in [5, 5.41) is 3.22. The van der Waals surface area contributed by atoms with Gasteiger partial charge in [0.2, 0.25) is 11.8 Å². The number of amides is 2. The SMILES string of the molecule is Cc1ccc(SCCC(=O)N(Cc2ccc(F)cc2)[C@@H](Cc2ccccc2)C(=O)NC2CCCC2)cc1. The first kappa shape index (κ1) is 26.9. The third-order valence-corrected chi connectivity index (χ3v) is 7.86. The third-order valence-electron chi connectivity index (χ3n) is 6.84. The molecule has 0 unspecified atom stereocenters. The second kappa shape index (κ2) is 13.4. The molecule has 4 nitrogen and oxygen atoms in total. The Balaban J connectivity index is 1.55. The van der Waals surface area contributed by atoms with E-state index in [1.165, 1.54) is 17.7 Å². The molecule has 2 amide bonds. The van der Waals surface area contributed by atoms with Gasteiger partial charge in [-0.3, -0.25) is 9.59 Å². The summed E-state index contributed by atoms with van der Waals surface area (Å²) < 4.78 is 13.6. The molecule has 0 aliphatic heterocycles. The van der Waals surface area contributed by atoms with E-state index < -0.39 is 6.04 Å². The van der Waals surface area contributed by atoms with Crippen molar-refractivity contribution in [1.82, 2.24) is 10.2 Å². The van der Waals surface area contributed by atoms with Crippen LogP contribution in [0.25, 0.3) is 0 Å². The summed E-state index contributed by atoms with van der Waals surface area (Å²) in [6.07, 6.45) is 4.91. The number of rotatable bonds is 11. The van der Waals surface area contributed by atoms with Gasteiger partial charge in [-0.1, -0.05) is 73.0 Å². The molecule has 0 saturated heterocycles. The number of thioether (sulfide) groups is 1. The second-order valence-electron chi connectivity index (χ2n) is 9.76. The van der Waals surface area contributed by atoms with Crippen molar-refractivity contribution in [2.24, 2.45) is 0 Å². The van der Waals surface area contributed by atoms with Crippen LogP contribution in [-0.2, 0) is 22.6 Å². The highest BCUT2D eigenvalue weighted by atomic mass is 32.2. The van der Waals surface area contributed by atoms with Gasteiger partial charge in [0.25, 0.3) is 0 Å². The van der Waals surface area contributed by atoms with Crippen molar-refractivity contribution < 1.29 is 14.0 Å². The number of hydrogen-bond acceptors (Lipinski definition) is 3. The predicted octanol–water partition coefficient (Wildman–Crippen LogP) is 6.32. The fourth-order valence-corrected chi connectivity index (χ4v) is 5.58. The number of nitrogens with one attached hydrogen (secondary N) is 1. The molecule has 1 aliphatic carbocycles. The normalized spacial score (nSPS) is 14.3. The van der Waals surface area contributed by atoms with Crippen LogP contribution < -0.4 is 5.32 Å². The van der Waals surface area contributed by atoms with Gasteiger partial charge in [0.1, 0.15) is 11.9 Å². The molecule has 1 saturated carbocycles. The summed E-state index contributed by atoms with van der Waals surface area (Å²) in [5.41, 5.74) is 3.00. The molecule has 0 bridgehead atoms. The van der Waals surface area contributed by atoms with Crippen LogP contribution in [0.1, 0.15) is 48.8 Å². The average molecular weight is 519 g/mol. The second-order valence-corrected chi connectivity index (χ2v) is 10.9. The molecule has 1 aliphatic rings. The van der Waals surface area contributed by atoms with Gasteiger partial charge in [-0.25, -0.2) is 4.39 Å². The van der Waals surface area contributed by atoms with Gasteiger partial charge in [-0.05, 0) is 55.2 Å². The van der Waals surface area contributed by atoms with E-state index in [0.717, 1.165) is 41.7 Å². The lowest BCUT2D eigenvalue weighted by atomic mass is 10.0. The molecular formula is C31H35FN2O2S. The number of hydrogen-bond donors (Lipinski definition) is 1. The van der Waals surface area contributed by atoms with E-state index >= 15 is 0 Å². The van der Waals surface area contributed by atoms with Crippen molar-refractivity contribution in [1.29, 1.82) is 0 Å². The minimum Gasteiger partial charge on any atom is -0.352 e. The predicted molar refractivity (Wildman–Crippen MR) is 148 cm³/mol. The number of nitrogens with zero attached hydrogens (tertiary/aromatic N) is 1. The van der Waals surface area contributed by atoms with Crippen LogP contribution in [0, 0.1) is 12.7 Å². The Labute approximate surface area is 223 Å². The Morgan fingerprint density at radius 3 is 2.30 bits per heavy atom. The van der Waals surface area contributed by atoms with Crippen molar-refractivity contribution in [3.8, 4) is 0 Å². The van der Waals surface area contributed by atoms with Crippen LogP contribution in [0.5, 0.6) is 0 Å². The van der Waals surface area contributed by atoms with Gasteiger partial charge >= 0.3 is 0 Å². The zero-order valence-corrected chi connectivity index (χ0v) is 22.2. The zero-order chi connectivity index (χ0) is 26.0. The van der Waals surface area contributed by atoms with Crippen molar-refractivity contribution in [2.45, 2.75) is 69.0 Å².